The number of methoxy groups -OCH3 is 2. The maximum atomic E-state index is 12.3. The molecule has 126 valence electrons. The minimum absolute atomic E-state index is 0.0798. The Morgan fingerprint density at radius 2 is 1.91 bits per heavy atom. The maximum Gasteiger partial charge on any atom is 0.237 e. The molecule has 0 bridgehead atoms. The lowest BCUT2D eigenvalue weighted by Crippen LogP contribution is -2.29. The molecular weight excluding hydrogens is 332 g/mol. The van der Waals surface area contributed by atoms with Crippen molar-refractivity contribution < 1.29 is 14.3 Å². The summed E-state index contributed by atoms with van der Waals surface area (Å²) in [5.41, 5.74) is 0.673. The summed E-state index contributed by atoms with van der Waals surface area (Å²) < 4.78 is 11.2. The van der Waals surface area contributed by atoms with Crippen LogP contribution in [0.1, 0.15) is 19.8 Å². The van der Waals surface area contributed by atoms with Crippen LogP contribution in [-0.4, -0.2) is 47.7 Å². The van der Waals surface area contributed by atoms with Gasteiger partial charge in [0.2, 0.25) is 5.91 Å². The summed E-state index contributed by atoms with van der Waals surface area (Å²) in [5.74, 6) is 1.13. The molecule has 23 heavy (non-hydrogen) atoms. The lowest BCUT2D eigenvalue weighted by atomic mass is 10.2. The summed E-state index contributed by atoms with van der Waals surface area (Å²) in [5, 5.41) is 2.64. The van der Waals surface area contributed by atoms with Crippen molar-refractivity contribution in [1.29, 1.82) is 0 Å². The number of hydrogen-bond acceptors (Lipinski definition) is 5. The van der Waals surface area contributed by atoms with Crippen LogP contribution >= 0.6 is 24.0 Å². The first-order valence-corrected chi connectivity index (χ1v) is 8.82. The molecule has 1 fully saturated rings. The van der Waals surface area contributed by atoms with Gasteiger partial charge >= 0.3 is 0 Å². The first kappa shape index (κ1) is 17.9. The number of ether oxygens (including phenoxy) is 2. The molecule has 7 heteroatoms. The molecule has 0 radical (unpaired) electrons. The van der Waals surface area contributed by atoms with Gasteiger partial charge in [0.25, 0.3) is 0 Å². The number of carbonyl (C=O) groups is 1. The van der Waals surface area contributed by atoms with Crippen molar-refractivity contribution in [2.45, 2.75) is 25.0 Å². The monoisotopic (exact) mass is 354 g/mol. The summed E-state index contributed by atoms with van der Waals surface area (Å²) in [7, 11) is 3.14. The molecule has 1 N–H and O–H groups in total. The van der Waals surface area contributed by atoms with Gasteiger partial charge in [0, 0.05) is 24.8 Å². The van der Waals surface area contributed by atoms with Gasteiger partial charge in [0.1, 0.15) is 4.32 Å². The number of likely N-dealkylation sites (tertiary alicyclic amines) is 1. The van der Waals surface area contributed by atoms with E-state index in [0.717, 1.165) is 17.4 Å². The van der Waals surface area contributed by atoms with E-state index < -0.39 is 0 Å². The normalized spacial score (nSPS) is 15.2. The number of nitrogens with one attached hydrogen (secondary N) is 1. The van der Waals surface area contributed by atoms with Crippen LogP contribution in [0.2, 0.25) is 0 Å². The first-order valence-electron chi connectivity index (χ1n) is 7.53. The third-order valence-corrected chi connectivity index (χ3v) is 5.24. The molecule has 5 nitrogen and oxygen atoms in total. The Hall–Kier alpha value is -1.47. The van der Waals surface area contributed by atoms with Gasteiger partial charge in [0.15, 0.2) is 11.5 Å². The molecule has 1 heterocycles. The van der Waals surface area contributed by atoms with Crippen LogP contribution in [0, 0.1) is 0 Å². The third-order valence-electron chi connectivity index (χ3n) is 3.66. The molecule has 0 aliphatic carbocycles. The zero-order valence-electron chi connectivity index (χ0n) is 13.6. The predicted octanol–water partition coefficient (Wildman–Crippen LogP) is 3.14. The Bertz CT molecular complexity index is 574. The van der Waals surface area contributed by atoms with Gasteiger partial charge in [-0.05, 0) is 31.9 Å². The van der Waals surface area contributed by atoms with Gasteiger partial charge in [-0.25, -0.2) is 0 Å². The van der Waals surface area contributed by atoms with Crippen LogP contribution in [0.4, 0.5) is 5.69 Å². The van der Waals surface area contributed by atoms with Crippen LogP contribution < -0.4 is 14.8 Å². The maximum absolute atomic E-state index is 12.3. The molecule has 1 amide bonds. The number of rotatable bonds is 5. The Kier molecular flexibility index (Phi) is 6.53. The number of nitrogens with zero attached hydrogens (tertiary/aromatic N) is 1. The minimum Gasteiger partial charge on any atom is -0.493 e. The summed E-state index contributed by atoms with van der Waals surface area (Å²) in [6.07, 6.45) is 2.35. The second-order valence-electron chi connectivity index (χ2n) is 5.28. The van der Waals surface area contributed by atoms with Gasteiger partial charge < -0.3 is 19.7 Å². The molecular formula is C16H22N2O3S2. The lowest BCUT2D eigenvalue weighted by Gasteiger charge is -2.20. The van der Waals surface area contributed by atoms with Crippen LogP contribution in [0.3, 0.4) is 0 Å². The standard InChI is InChI=1S/C16H22N2O3S2/c1-11(23-16(22)18-8-4-5-9-18)15(19)17-12-6-7-13(20-2)14(10-12)21-3/h6-7,10-11H,4-5,8-9H2,1-3H3,(H,17,19)/t11-/m0/s1. The van der Waals surface area contributed by atoms with Crippen molar-refractivity contribution >= 4 is 39.9 Å². The van der Waals surface area contributed by atoms with Crippen molar-refractivity contribution in [1.82, 2.24) is 4.90 Å². The van der Waals surface area contributed by atoms with Crippen molar-refractivity contribution in [2.75, 3.05) is 32.6 Å². The molecule has 0 spiro atoms. The molecule has 0 saturated carbocycles. The van der Waals surface area contributed by atoms with E-state index in [0.29, 0.717) is 17.2 Å². The summed E-state index contributed by atoms with van der Waals surface area (Å²) >= 11 is 6.85. The van der Waals surface area contributed by atoms with Crippen molar-refractivity contribution in [3.05, 3.63) is 18.2 Å². The van der Waals surface area contributed by atoms with E-state index >= 15 is 0 Å². The molecule has 2 rings (SSSR count). The summed E-state index contributed by atoms with van der Waals surface area (Å²) in [4.78, 5) is 14.5. The number of carbonyl (C=O) groups excluding carboxylic acids is 1. The Morgan fingerprint density at radius 1 is 1.26 bits per heavy atom. The molecule has 1 aliphatic rings. The van der Waals surface area contributed by atoms with E-state index in [9.17, 15) is 4.79 Å². The van der Waals surface area contributed by atoms with E-state index in [4.69, 9.17) is 21.7 Å². The van der Waals surface area contributed by atoms with Gasteiger partial charge in [-0.1, -0.05) is 24.0 Å². The third kappa shape index (κ3) is 4.75. The summed E-state index contributed by atoms with van der Waals surface area (Å²) in [6, 6.07) is 5.30. The van der Waals surface area contributed by atoms with E-state index in [1.54, 1.807) is 32.4 Å². The molecule has 1 saturated heterocycles. The number of benzene rings is 1. The van der Waals surface area contributed by atoms with Gasteiger partial charge in [-0.15, -0.1) is 0 Å². The number of amides is 1. The minimum atomic E-state index is -0.254. The number of thioether (sulfide) groups is 1. The first-order chi connectivity index (χ1) is 11.0. The highest BCUT2D eigenvalue weighted by Crippen LogP contribution is 2.30. The fraction of sp³-hybridized carbons (Fsp3) is 0.500. The predicted molar refractivity (Wildman–Crippen MR) is 98.6 cm³/mol. The number of anilines is 1. The quantitative estimate of drug-likeness (QED) is 0.820. The van der Waals surface area contributed by atoms with E-state index in [1.807, 2.05) is 6.92 Å². The molecule has 1 aliphatic heterocycles. The van der Waals surface area contributed by atoms with Crippen LogP contribution in [0.5, 0.6) is 11.5 Å². The van der Waals surface area contributed by atoms with Crippen molar-refractivity contribution in [2.24, 2.45) is 0 Å². The molecule has 1 aromatic carbocycles. The Balaban J connectivity index is 1.93. The number of thiocarbonyl (C=S) groups is 1. The average Bonchev–Trinajstić information content (AvgIpc) is 3.09. The van der Waals surface area contributed by atoms with Gasteiger partial charge in [-0.2, -0.15) is 0 Å². The Labute approximate surface area is 146 Å². The van der Waals surface area contributed by atoms with E-state index in [2.05, 4.69) is 10.2 Å². The van der Waals surface area contributed by atoms with Crippen LogP contribution in [0.15, 0.2) is 18.2 Å². The average molecular weight is 354 g/mol. The lowest BCUT2D eigenvalue weighted by molar-refractivity contribution is -0.115. The summed E-state index contributed by atoms with van der Waals surface area (Å²) in [6.45, 7) is 3.86. The second-order valence-corrected chi connectivity index (χ2v) is 7.25. The largest absolute Gasteiger partial charge is 0.493 e. The molecule has 0 aromatic heterocycles. The van der Waals surface area contributed by atoms with Crippen LogP contribution in [0.25, 0.3) is 0 Å². The highest BCUT2D eigenvalue weighted by Gasteiger charge is 2.21. The molecule has 1 aromatic rings. The zero-order valence-corrected chi connectivity index (χ0v) is 15.3. The zero-order chi connectivity index (χ0) is 16.8. The van der Waals surface area contributed by atoms with E-state index in [-0.39, 0.29) is 11.2 Å². The highest BCUT2D eigenvalue weighted by molar-refractivity contribution is 8.23. The fourth-order valence-electron chi connectivity index (χ4n) is 2.34. The van der Waals surface area contributed by atoms with Crippen molar-refractivity contribution in [3.63, 3.8) is 0 Å². The number of hydrogen-bond donors (Lipinski definition) is 1. The fourth-order valence-corrected chi connectivity index (χ4v) is 3.75. The molecule has 0 unspecified atom stereocenters. The van der Waals surface area contributed by atoms with E-state index in [1.165, 1.54) is 24.6 Å². The van der Waals surface area contributed by atoms with Crippen molar-refractivity contribution in [3.8, 4) is 11.5 Å². The molecule has 1 atom stereocenters. The topological polar surface area (TPSA) is 50.8 Å². The second kappa shape index (κ2) is 8.40. The SMILES string of the molecule is COc1ccc(NC(=O)[C@H](C)SC(=S)N2CCCC2)cc1OC. The highest BCUT2D eigenvalue weighted by atomic mass is 32.2. The smallest absolute Gasteiger partial charge is 0.237 e. The van der Waals surface area contributed by atoms with Gasteiger partial charge in [-0.3, -0.25) is 4.79 Å². The Morgan fingerprint density at radius 3 is 2.52 bits per heavy atom. The van der Waals surface area contributed by atoms with Crippen LogP contribution in [-0.2, 0) is 4.79 Å². The van der Waals surface area contributed by atoms with Gasteiger partial charge in [0.05, 0.1) is 19.5 Å².